The van der Waals surface area contributed by atoms with Crippen molar-refractivity contribution in [2.24, 2.45) is 0 Å². The first-order chi connectivity index (χ1) is 11.6. The van der Waals surface area contributed by atoms with Gasteiger partial charge < -0.3 is 4.90 Å². The number of halogens is 3. The van der Waals surface area contributed by atoms with E-state index in [-0.39, 0.29) is 29.4 Å². The summed E-state index contributed by atoms with van der Waals surface area (Å²) in [6, 6.07) is -0.0312. The fourth-order valence-electron chi connectivity index (χ4n) is 2.85. The number of alkyl halides is 1. The van der Waals surface area contributed by atoms with E-state index in [9.17, 15) is 26.8 Å². The van der Waals surface area contributed by atoms with Gasteiger partial charge in [0.05, 0.1) is 28.7 Å². The van der Waals surface area contributed by atoms with Crippen molar-refractivity contribution in [3.63, 3.8) is 0 Å². The Bertz CT molecular complexity index is 840. The van der Waals surface area contributed by atoms with Gasteiger partial charge in [-0.15, -0.1) is 0 Å². The summed E-state index contributed by atoms with van der Waals surface area (Å²) in [6.07, 6.45) is -1.45. The first kappa shape index (κ1) is 17.9. The molecule has 0 bridgehead atoms. The Morgan fingerprint density at radius 3 is 2.64 bits per heavy atom. The van der Waals surface area contributed by atoms with Gasteiger partial charge in [-0.1, -0.05) is 11.6 Å². The minimum Gasteiger partial charge on any atom is -0.309 e. The van der Waals surface area contributed by atoms with Gasteiger partial charge in [-0.2, -0.15) is 0 Å². The van der Waals surface area contributed by atoms with Crippen LogP contribution in [0.1, 0.15) is 13.3 Å². The van der Waals surface area contributed by atoms with Crippen molar-refractivity contribution < 1.29 is 26.8 Å². The Hall–Kier alpha value is -1.94. The molecule has 2 atom stereocenters. The third-order valence-corrected chi connectivity index (χ3v) is 5.72. The second-order valence-electron chi connectivity index (χ2n) is 5.75. The van der Waals surface area contributed by atoms with Crippen LogP contribution in [0.25, 0.3) is 0 Å². The highest BCUT2D eigenvalue weighted by Gasteiger charge is 2.52. The number of nitrogens with one attached hydrogen (secondary N) is 1. The Morgan fingerprint density at radius 1 is 1.36 bits per heavy atom. The molecule has 3 amide bonds. The zero-order chi connectivity index (χ0) is 18.5. The lowest BCUT2D eigenvalue weighted by molar-refractivity contribution is -0.119. The number of amides is 3. The molecule has 2 saturated heterocycles. The quantitative estimate of drug-likeness (QED) is 0.794. The van der Waals surface area contributed by atoms with E-state index >= 15 is 0 Å². The molecule has 1 N–H and O–H groups in total. The summed E-state index contributed by atoms with van der Waals surface area (Å²) in [5.74, 6) is -1.97. The van der Waals surface area contributed by atoms with Crippen LogP contribution in [-0.4, -0.2) is 49.8 Å². The van der Waals surface area contributed by atoms with Gasteiger partial charge in [0.2, 0.25) is 10.0 Å². The molecule has 2 heterocycles. The highest BCUT2D eigenvalue weighted by Crippen LogP contribution is 2.37. The van der Waals surface area contributed by atoms with Crippen LogP contribution in [0.2, 0.25) is 5.02 Å². The molecular weight excluding hydrogens is 380 g/mol. The van der Waals surface area contributed by atoms with Crippen LogP contribution in [0.4, 0.5) is 25.0 Å². The predicted molar refractivity (Wildman–Crippen MR) is 87.4 cm³/mol. The number of urea groups is 1. The van der Waals surface area contributed by atoms with Crippen molar-refractivity contribution in [2.75, 3.05) is 21.9 Å². The van der Waals surface area contributed by atoms with Crippen LogP contribution in [0.15, 0.2) is 12.1 Å². The molecule has 0 saturated carbocycles. The number of imide groups is 1. The minimum atomic E-state index is -3.70. The fraction of sp³-hybridized carbons (Fsp3) is 0.429. The lowest BCUT2D eigenvalue weighted by Gasteiger charge is -2.18. The highest BCUT2D eigenvalue weighted by atomic mass is 35.5. The van der Waals surface area contributed by atoms with Crippen molar-refractivity contribution >= 4 is 44.9 Å². The zero-order valence-electron chi connectivity index (χ0n) is 13.0. The van der Waals surface area contributed by atoms with Gasteiger partial charge in [-0.05, 0) is 19.1 Å². The van der Waals surface area contributed by atoms with Crippen LogP contribution in [-0.2, 0) is 14.8 Å². The van der Waals surface area contributed by atoms with E-state index in [4.69, 9.17) is 11.6 Å². The van der Waals surface area contributed by atoms with Gasteiger partial charge in [0.25, 0.3) is 5.91 Å². The topological polar surface area (TPSA) is 86.8 Å². The van der Waals surface area contributed by atoms with Crippen molar-refractivity contribution in [1.29, 1.82) is 0 Å². The standard InChI is InChI=1S/C14H14ClF2N3O4S/c1-2-25(23,24)18-10-5-11(9(17)4-8(10)15)20-13(21)12-3-7(16)6-19(12)14(20)22/h4-5,7,12,18H,2-3,6H2,1H3/t7-,12+/m0/s1. The first-order valence-corrected chi connectivity index (χ1v) is 9.45. The van der Waals surface area contributed by atoms with Crippen LogP contribution in [0, 0.1) is 5.82 Å². The maximum Gasteiger partial charge on any atom is 0.332 e. The van der Waals surface area contributed by atoms with Crippen LogP contribution >= 0.6 is 11.6 Å². The van der Waals surface area contributed by atoms with Gasteiger partial charge in [0.1, 0.15) is 18.0 Å². The van der Waals surface area contributed by atoms with E-state index in [2.05, 4.69) is 4.72 Å². The second-order valence-corrected chi connectivity index (χ2v) is 8.16. The number of carbonyl (C=O) groups excluding carboxylic acids is 2. The Balaban J connectivity index is 2.00. The minimum absolute atomic E-state index is 0.147. The summed E-state index contributed by atoms with van der Waals surface area (Å²) in [4.78, 5) is 26.4. The lowest BCUT2D eigenvalue weighted by atomic mass is 10.2. The number of benzene rings is 1. The van der Waals surface area contributed by atoms with E-state index in [1.54, 1.807) is 0 Å². The molecule has 0 unspecified atom stereocenters. The fourth-order valence-corrected chi connectivity index (χ4v) is 3.75. The smallest absolute Gasteiger partial charge is 0.309 e. The van der Waals surface area contributed by atoms with Crippen molar-refractivity contribution in [1.82, 2.24) is 4.90 Å². The summed E-state index contributed by atoms with van der Waals surface area (Å²) in [6.45, 7) is 1.16. The van der Waals surface area contributed by atoms with E-state index in [0.29, 0.717) is 4.90 Å². The molecule has 2 fully saturated rings. The van der Waals surface area contributed by atoms with Crippen molar-refractivity contribution in [2.45, 2.75) is 25.6 Å². The van der Waals surface area contributed by atoms with E-state index < -0.39 is 45.7 Å². The molecule has 25 heavy (non-hydrogen) atoms. The van der Waals surface area contributed by atoms with Crippen molar-refractivity contribution in [3.8, 4) is 0 Å². The SMILES string of the molecule is CCS(=O)(=O)Nc1cc(N2C(=O)[C@H]3C[C@H](F)CN3C2=O)c(F)cc1Cl. The lowest BCUT2D eigenvalue weighted by Crippen LogP contribution is -2.35. The summed E-state index contributed by atoms with van der Waals surface area (Å²) in [5, 5.41) is -0.221. The number of sulfonamides is 1. The molecule has 7 nitrogen and oxygen atoms in total. The first-order valence-electron chi connectivity index (χ1n) is 7.42. The normalized spacial score (nSPS) is 23.4. The number of hydrogen-bond acceptors (Lipinski definition) is 4. The molecule has 0 aromatic heterocycles. The maximum atomic E-state index is 14.3. The molecule has 2 aliphatic heterocycles. The number of rotatable bonds is 4. The second kappa shape index (κ2) is 6.10. The zero-order valence-corrected chi connectivity index (χ0v) is 14.6. The highest BCUT2D eigenvalue weighted by molar-refractivity contribution is 7.92. The largest absolute Gasteiger partial charge is 0.332 e. The molecule has 0 spiro atoms. The molecule has 3 rings (SSSR count). The molecule has 136 valence electrons. The predicted octanol–water partition coefficient (Wildman–Crippen LogP) is 2.12. The average Bonchev–Trinajstić information content (AvgIpc) is 3.01. The number of anilines is 2. The monoisotopic (exact) mass is 393 g/mol. The van der Waals surface area contributed by atoms with Crippen LogP contribution < -0.4 is 9.62 Å². The van der Waals surface area contributed by atoms with E-state index in [1.807, 2.05) is 0 Å². The van der Waals surface area contributed by atoms with E-state index in [0.717, 1.165) is 17.0 Å². The summed E-state index contributed by atoms with van der Waals surface area (Å²) < 4.78 is 53.3. The molecule has 1 aromatic rings. The molecular formula is C14H14ClF2N3O4S. The molecule has 0 radical (unpaired) electrons. The Labute approximate surface area is 147 Å². The molecule has 11 heteroatoms. The van der Waals surface area contributed by atoms with Crippen LogP contribution in [0.5, 0.6) is 0 Å². The molecule has 1 aromatic carbocycles. The third-order valence-electron chi connectivity index (χ3n) is 4.12. The summed E-state index contributed by atoms with van der Waals surface area (Å²) in [5.41, 5.74) is -0.589. The van der Waals surface area contributed by atoms with E-state index in [1.165, 1.54) is 6.92 Å². The van der Waals surface area contributed by atoms with Gasteiger partial charge in [-0.3, -0.25) is 9.52 Å². The van der Waals surface area contributed by atoms with Gasteiger partial charge in [0, 0.05) is 6.42 Å². The van der Waals surface area contributed by atoms with Gasteiger partial charge in [-0.25, -0.2) is 26.9 Å². The number of hydrogen-bond donors (Lipinski definition) is 1. The maximum absolute atomic E-state index is 14.3. The number of fused-ring (bicyclic) bond motifs is 1. The average molecular weight is 394 g/mol. The Kier molecular flexibility index (Phi) is 4.36. The summed E-state index contributed by atoms with van der Waals surface area (Å²) >= 11 is 5.84. The number of nitrogens with zero attached hydrogens (tertiary/aromatic N) is 2. The molecule has 0 aliphatic carbocycles. The van der Waals surface area contributed by atoms with Gasteiger partial charge in [0.15, 0.2) is 0 Å². The van der Waals surface area contributed by atoms with Crippen molar-refractivity contribution in [3.05, 3.63) is 23.0 Å². The van der Waals surface area contributed by atoms with Crippen LogP contribution in [0.3, 0.4) is 0 Å². The summed E-state index contributed by atoms with van der Waals surface area (Å²) in [7, 11) is -3.70. The number of carbonyl (C=O) groups is 2. The Morgan fingerprint density at radius 2 is 2.04 bits per heavy atom. The van der Waals surface area contributed by atoms with Gasteiger partial charge >= 0.3 is 6.03 Å². The molecule has 2 aliphatic rings. The third kappa shape index (κ3) is 3.04.